The highest BCUT2D eigenvalue weighted by Gasteiger charge is 2.15. The van der Waals surface area contributed by atoms with Gasteiger partial charge < -0.3 is 20.3 Å². The van der Waals surface area contributed by atoms with Crippen LogP contribution in [-0.2, 0) is 9.53 Å². The number of aromatic hydroxyl groups is 1. The Morgan fingerprint density at radius 3 is 2.67 bits per heavy atom. The molecular formula is C12H15NO5. The fraction of sp³-hybridized carbons (Fsp3) is 0.333. The van der Waals surface area contributed by atoms with E-state index in [4.69, 9.17) is 9.84 Å². The standard InChI is InChI=1S/C12H15NO5/c1-3-18-7(2)11(15)13-8-4-5-10(14)9(6-8)12(16)17/h4-7,14H,3H2,1-2H3,(H,13,15)(H,16,17). The smallest absolute Gasteiger partial charge is 0.339 e. The first kappa shape index (κ1) is 14.0. The third-order valence-corrected chi connectivity index (χ3v) is 2.28. The number of nitrogens with one attached hydrogen (secondary N) is 1. The van der Waals surface area contributed by atoms with Crippen molar-refractivity contribution in [3.05, 3.63) is 23.8 Å². The maximum Gasteiger partial charge on any atom is 0.339 e. The van der Waals surface area contributed by atoms with Crippen LogP contribution in [0, 0.1) is 0 Å². The number of carbonyl (C=O) groups excluding carboxylic acids is 1. The van der Waals surface area contributed by atoms with Gasteiger partial charge in [-0.05, 0) is 32.0 Å². The summed E-state index contributed by atoms with van der Waals surface area (Å²) in [6.07, 6.45) is -0.628. The van der Waals surface area contributed by atoms with Crippen LogP contribution in [0.5, 0.6) is 5.75 Å². The van der Waals surface area contributed by atoms with Crippen LogP contribution in [0.4, 0.5) is 5.69 Å². The topological polar surface area (TPSA) is 95.9 Å². The van der Waals surface area contributed by atoms with Gasteiger partial charge in [0.1, 0.15) is 17.4 Å². The minimum atomic E-state index is -1.26. The number of hydrogen-bond donors (Lipinski definition) is 3. The number of amides is 1. The lowest BCUT2D eigenvalue weighted by Crippen LogP contribution is -2.27. The van der Waals surface area contributed by atoms with E-state index in [-0.39, 0.29) is 17.2 Å². The van der Waals surface area contributed by atoms with E-state index < -0.39 is 12.1 Å². The maximum atomic E-state index is 11.6. The van der Waals surface area contributed by atoms with Crippen LogP contribution < -0.4 is 5.32 Å². The molecule has 1 amide bonds. The second kappa shape index (κ2) is 6.02. The maximum absolute atomic E-state index is 11.6. The van der Waals surface area contributed by atoms with Crippen molar-refractivity contribution < 1.29 is 24.5 Å². The van der Waals surface area contributed by atoms with Gasteiger partial charge in [-0.15, -0.1) is 0 Å². The lowest BCUT2D eigenvalue weighted by atomic mass is 10.1. The quantitative estimate of drug-likeness (QED) is 0.690. The van der Waals surface area contributed by atoms with Gasteiger partial charge in [0.25, 0.3) is 5.91 Å². The Labute approximate surface area is 104 Å². The van der Waals surface area contributed by atoms with E-state index in [1.165, 1.54) is 18.2 Å². The van der Waals surface area contributed by atoms with Crippen LogP contribution in [0.3, 0.4) is 0 Å². The first-order valence-corrected chi connectivity index (χ1v) is 5.44. The Bertz CT molecular complexity index is 458. The number of aromatic carboxylic acids is 1. The number of rotatable bonds is 5. The van der Waals surface area contributed by atoms with Crippen LogP contribution in [0.25, 0.3) is 0 Å². The third kappa shape index (κ3) is 3.46. The van der Waals surface area contributed by atoms with Crippen molar-refractivity contribution in [3.8, 4) is 5.75 Å². The Morgan fingerprint density at radius 2 is 2.11 bits per heavy atom. The van der Waals surface area contributed by atoms with Gasteiger partial charge in [0.15, 0.2) is 0 Å². The Kier molecular flexibility index (Phi) is 4.67. The first-order valence-electron chi connectivity index (χ1n) is 5.44. The SMILES string of the molecule is CCOC(C)C(=O)Nc1ccc(O)c(C(=O)O)c1. The summed E-state index contributed by atoms with van der Waals surface area (Å²) in [4.78, 5) is 22.4. The molecular weight excluding hydrogens is 238 g/mol. The van der Waals surface area contributed by atoms with Crippen molar-refractivity contribution in [2.24, 2.45) is 0 Å². The summed E-state index contributed by atoms with van der Waals surface area (Å²) in [5.41, 5.74) is 0.0265. The van der Waals surface area contributed by atoms with Crippen LogP contribution in [0.15, 0.2) is 18.2 Å². The molecule has 0 aliphatic heterocycles. The van der Waals surface area contributed by atoms with E-state index in [0.717, 1.165) is 0 Å². The molecule has 0 saturated heterocycles. The lowest BCUT2D eigenvalue weighted by Gasteiger charge is -2.12. The summed E-state index contributed by atoms with van der Waals surface area (Å²) in [6.45, 7) is 3.77. The molecule has 0 aliphatic rings. The van der Waals surface area contributed by atoms with E-state index in [1.807, 2.05) is 0 Å². The van der Waals surface area contributed by atoms with Crippen molar-refractivity contribution >= 4 is 17.6 Å². The second-order valence-corrected chi connectivity index (χ2v) is 3.62. The van der Waals surface area contributed by atoms with Crippen molar-refractivity contribution in [2.45, 2.75) is 20.0 Å². The largest absolute Gasteiger partial charge is 0.507 e. The fourth-order valence-electron chi connectivity index (χ4n) is 1.35. The molecule has 1 unspecified atom stereocenters. The predicted molar refractivity (Wildman–Crippen MR) is 64.8 cm³/mol. The van der Waals surface area contributed by atoms with Gasteiger partial charge in [-0.1, -0.05) is 0 Å². The summed E-state index contributed by atoms with van der Waals surface area (Å²) in [6, 6.07) is 3.82. The first-order chi connectivity index (χ1) is 8.45. The summed E-state index contributed by atoms with van der Waals surface area (Å²) in [7, 11) is 0. The molecule has 1 rings (SSSR count). The Balaban J connectivity index is 2.82. The summed E-state index contributed by atoms with van der Waals surface area (Å²) >= 11 is 0. The third-order valence-electron chi connectivity index (χ3n) is 2.28. The van der Waals surface area contributed by atoms with Crippen LogP contribution in [-0.4, -0.2) is 34.8 Å². The number of hydrogen-bond acceptors (Lipinski definition) is 4. The molecule has 0 heterocycles. The van der Waals surface area contributed by atoms with E-state index >= 15 is 0 Å². The van der Waals surface area contributed by atoms with E-state index in [2.05, 4.69) is 5.32 Å². The zero-order valence-electron chi connectivity index (χ0n) is 10.1. The molecule has 1 aromatic carbocycles. The number of ether oxygens (including phenoxy) is 1. The number of carboxylic acid groups (broad SMARTS) is 1. The van der Waals surface area contributed by atoms with E-state index in [0.29, 0.717) is 12.3 Å². The minimum Gasteiger partial charge on any atom is -0.507 e. The van der Waals surface area contributed by atoms with E-state index in [9.17, 15) is 14.7 Å². The average molecular weight is 253 g/mol. The van der Waals surface area contributed by atoms with Crippen molar-refractivity contribution in [1.29, 1.82) is 0 Å². The molecule has 0 radical (unpaired) electrons. The van der Waals surface area contributed by atoms with Gasteiger partial charge in [0.05, 0.1) is 0 Å². The van der Waals surface area contributed by atoms with Crippen molar-refractivity contribution in [2.75, 3.05) is 11.9 Å². The fourth-order valence-corrected chi connectivity index (χ4v) is 1.35. The number of phenols is 1. The van der Waals surface area contributed by atoms with E-state index in [1.54, 1.807) is 13.8 Å². The highest BCUT2D eigenvalue weighted by Crippen LogP contribution is 2.21. The number of carboxylic acids is 1. The van der Waals surface area contributed by atoms with Gasteiger partial charge in [0.2, 0.25) is 0 Å². The Hall–Kier alpha value is -2.08. The molecule has 98 valence electrons. The monoisotopic (exact) mass is 253 g/mol. The number of benzene rings is 1. The molecule has 1 atom stereocenters. The van der Waals surface area contributed by atoms with Crippen molar-refractivity contribution in [1.82, 2.24) is 0 Å². The normalized spacial score (nSPS) is 11.9. The molecule has 6 nitrogen and oxygen atoms in total. The lowest BCUT2D eigenvalue weighted by molar-refractivity contribution is -0.126. The van der Waals surface area contributed by atoms with Gasteiger partial charge in [-0.2, -0.15) is 0 Å². The second-order valence-electron chi connectivity index (χ2n) is 3.62. The number of anilines is 1. The molecule has 1 aromatic rings. The molecule has 0 bridgehead atoms. The van der Waals surface area contributed by atoms with Crippen LogP contribution in [0.2, 0.25) is 0 Å². The molecule has 18 heavy (non-hydrogen) atoms. The van der Waals surface area contributed by atoms with Gasteiger partial charge >= 0.3 is 5.97 Å². The summed E-state index contributed by atoms with van der Waals surface area (Å²) in [5.74, 6) is -1.99. The molecule has 0 aliphatic carbocycles. The van der Waals surface area contributed by atoms with Gasteiger partial charge in [0, 0.05) is 12.3 Å². The molecule has 0 spiro atoms. The van der Waals surface area contributed by atoms with Gasteiger partial charge in [-0.3, -0.25) is 4.79 Å². The summed E-state index contributed by atoms with van der Waals surface area (Å²) in [5, 5.41) is 20.6. The molecule has 6 heteroatoms. The van der Waals surface area contributed by atoms with Crippen molar-refractivity contribution in [3.63, 3.8) is 0 Å². The Morgan fingerprint density at radius 1 is 1.44 bits per heavy atom. The minimum absolute atomic E-state index is 0.267. The number of carbonyl (C=O) groups is 2. The zero-order chi connectivity index (χ0) is 13.7. The van der Waals surface area contributed by atoms with Gasteiger partial charge in [-0.25, -0.2) is 4.79 Å². The molecule has 0 aromatic heterocycles. The summed E-state index contributed by atoms with van der Waals surface area (Å²) < 4.78 is 5.10. The highest BCUT2D eigenvalue weighted by atomic mass is 16.5. The molecule has 0 saturated carbocycles. The molecule has 0 fully saturated rings. The average Bonchev–Trinajstić information content (AvgIpc) is 2.31. The van der Waals surface area contributed by atoms with Crippen LogP contribution in [0.1, 0.15) is 24.2 Å². The highest BCUT2D eigenvalue weighted by molar-refractivity contribution is 5.97. The molecule has 3 N–H and O–H groups in total. The van der Waals surface area contributed by atoms with Crippen LogP contribution >= 0.6 is 0 Å². The zero-order valence-corrected chi connectivity index (χ0v) is 10.1. The predicted octanol–water partition coefficient (Wildman–Crippen LogP) is 1.45.